The largest absolute Gasteiger partial charge is 0.332 e. The maximum atomic E-state index is 11.3. The van der Waals surface area contributed by atoms with Crippen molar-refractivity contribution in [1.29, 1.82) is 0 Å². The molecule has 0 N–H and O–H groups in total. The van der Waals surface area contributed by atoms with E-state index in [2.05, 4.69) is 16.8 Å². The van der Waals surface area contributed by atoms with Crippen LogP contribution in [-0.2, 0) is 11.3 Å². The van der Waals surface area contributed by atoms with E-state index in [4.69, 9.17) is 0 Å². The fraction of sp³-hybridized carbons (Fsp3) is 0.500. The second-order valence-corrected chi connectivity index (χ2v) is 3.96. The zero-order valence-electron chi connectivity index (χ0n) is 9.44. The first-order valence-electron chi connectivity index (χ1n) is 5.47. The molecule has 0 radical (unpaired) electrons. The van der Waals surface area contributed by atoms with Gasteiger partial charge in [0.25, 0.3) is 0 Å². The Labute approximate surface area is 95.3 Å². The third kappa shape index (κ3) is 2.63. The average molecular weight is 217 g/mol. The van der Waals surface area contributed by atoms with Crippen molar-refractivity contribution in [2.45, 2.75) is 26.3 Å². The fourth-order valence-electron chi connectivity index (χ4n) is 1.73. The summed E-state index contributed by atoms with van der Waals surface area (Å²) in [4.78, 5) is 17.2. The quantitative estimate of drug-likeness (QED) is 0.688. The zero-order chi connectivity index (χ0) is 11.4. The van der Waals surface area contributed by atoms with Crippen LogP contribution in [0.25, 0.3) is 0 Å². The molecule has 0 aromatic carbocycles. The van der Waals surface area contributed by atoms with Gasteiger partial charge in [0.1, 0.15) is 0 Å². The Kier molecular flexibility index (Phi) is 3.25. The Bertz CT molecular complexity index is 439. The summed E-state index contributed by atoms with van der Waals surface area (Å²) < 4.78 is 1.94. The molecule has 1 amide bonds. The number of amides is 1. The minimum absolute atomic E-state index is 0.229. The number of nitrogens with zero attached hydrogens (tertiary/aromatic N) is 3. The van der Waals surface area contributed by atoms with E-state index in [1.807, 2.05) is 22.6 Å². The molecular formula is C12H15N3O. The first kappa shape index (κ1) is 10.7. The predicted octanol–water partition coefficient (Wildman–Crippen LogP) is 0.817. The zero-order valence-corrected chi connectivity index (χ0v) is 9.44. The summed E-state index contributed by atoms with van der Waals surface area (Å²) in [6, 6.07) is 0. The molecule has 0 atom stereocenters. The van der Waals surface area contributed by atoms with Gasteiger partial charge < -0.3 is 9.47 Å². The van der Waals surface area contributed by atoms with E-state index >= 15 is 0 Å². The number of carbonyl (C=O) groups is 1. The van der Waals surface area contributed by atoms with Crippen LogP contribution in [0.3, 0.4) is 0 Å². The smallest absolute Gasteiger partial charge is 0.223 e. The summed E-state index contributed by atoms with van der Waals surface area (Å²) in [5.74, 6) is 6.29. The molecule has 1 aromatic rings. The van der Waals surface area contributed by atoms with Crippen molar-refractivity contribution in [2.24, 2.45) is 0 Å². The summed E-state index contributed by atoms with van der Waals surface area (Å²) in [7, 11) is 0. The molecule has 0 spiro atoms. The van der Waals surface area contributed by atoms with E-state index in [1.165, 1.54) is 0 Å². The van der Waals surface area contributed by atoms with Gasteiger partial charge in [-0.15, -0.1) is 0 Å². The Morgan fingerprint density at radius 3 is 2.88 bits per heavy atom. The molecule has 0 saturated carbocycles. The molecule has 1 saturated heterocycles. The summed E-state index contributed by atoms with van der Waals surface area (Å²) in [6.07, 6.45) is 5.38. The van der Waals surface area contributed by atoms with Gasteiger partial charge in [-0.25, -0.2) is 4.98 Å². The van der Waals surface area contributed by atoms with Crippen LogP contribution in [0.1, 0.15) is 18.5 Å². The number of rotatable bonds is 2. The number of aromatic nitrogens is 2. The van der Waals surface area contributed by atoms with Crippen molar-refractivity contribution in [3.63, 3.8) is 0 Å². The van der Waals surface area contributed by atoms with Crippen LogP contribution in [0.5, 0.6) is 0 Å². The highest BCUT2D eigenvalue weighted by Gasteiger charge is 2.18. The van der Waals surface area contributed by atoms with Crippen LogP contribution in [0.15, 0.2) is 12.5 Å². The van der Waals surface area contributed by atoms with Crippen molar-refractivity contribution >= 4 is 5.91 Å². The molecule has 4 heteroatoms. The van der Waals surface area contributed by atoms with Gasteiger partial charge in [0, 0.05) is 19.2 Å². The van der Waals surface area contributed by atoms with Crippen LogP contribution in [0.2, 0.25) is 0 Å². The molecule has 16 heavy (non-hydrogen) atoms. The molecule has 0 bridgehead atoms. The minimum atomic E-state index is 0.229. The van der Waals surface area contributed by atoms with E-state index in [-0.39, 0.29) is 5.91 Å². The van der Waals surface area contributed by atoms with Gasteiger partial charge in [-0.2, -0.15) is 0 Å². The first-order valence-corrected chi connectivity index (χ1v) is 5.47. The lowest BCUT2D eigenvalue weighted by molar-refractivity contribution is -0.127. The Hall–Kier alpha value is -1.76. The van der Waals surface area contributed by atoms with E-state index in [9.17, 15) is 4.79 Å². The van der Waals surface area contributed by atoms with Gasteiger partial charge in [0.2, 0.25) is 5.91 Å². The van der Waals surface area contributed by atoms with Crippen molar-refractivity contribution in [1.82, 2.24) is 14.5 Å². The summed E-state index contributed by atoms with van der Waals surface area (Å²) in [5, 5.41) is 0. The summed E-state index contributed by atoms with van der Waals surface area (Å²) >= 11 is 0. The number of carbonyl (C=O) groups excluding carboxylic acids is 1. The van der Waals surface area contributed by atoms with Crippen LogP contribution in [0, 0.1) is 18.8 Å². The molecule has 1 aromatic heterocycles. The van der Waals surface area contributed by atoms with Crippen LogP contribution in [-0.4, -0.2) is 33.4 Å². The van der Waals surface area contributed by atoms with Gasteiger partial charge in [-0.05, 0) is 13.3 Å². The monoisotopic (exact) mass is 217 g/mol. The molecule has 1 aliphatic heterocycles. The third-order valence-electron chi connectivity index (χ3n) is 2.59. The van der Waals surface area contributed by atoms with Crippen molar-refractivity contribution in [3.8, 4) is 11.8 Å². The van der Waals surface area contributed by atoms with Crippen molar-refractivity contribution < 1.29 is 4.79 Å². The molecule has 1 fully saturated rings. The summed E-state index contributed by atoms with van der Waals surface area (Å²) in [6.45, 7) is 4.01. The van der Waals surface area contributed by atoms with Gasteiger partial charge in [-0.1, -0.05) is 11.8 Å². The molecule has 2 rings (SSSR count). The lowest BCUT2D eigenvalue weighted by Gasteiger charge is -2.09. The molecule has 1 aliphatic rings. The SMILES string of the molecule is Cc1cn(CC#CCN2CCCC2=O)cn1. The highest BCUT2D eigenvalue weighted by Crippen LogP contribution is 2.07. The lowest BCUT2D eigenvalue weighted by Crippen LogP contribution is -2.24. The van der Waals surface area contributed by atoms with E-state index in [0.29, 0.717) is 19.5 Å². The Morgan fingerprint density at radius 2 is 2.25 bits per heavy atom. The lowest BCUT2D eigenvalue weighted by atomic mass is 10.4. The van der Waals surface area contributed by atoms with Crippen LogP contribution in [0.4, 0.5) is 0 Å². The highest BCUT2D eigenvalue weighted by molar-refractivity contribution is 5.78. The van der Waals surface area contributed by atoms with Gasteiger partial charge in [0.05, 0.1) is 25.1 Å². The fourth-order valence-corrected chi connectivity index (χ4v) is 1.73. The molecule has 0 aliphatic carbocycles. The molecule has 84 valence electrons. The standard InChI is InChI=1S/C12H15N3O/c1-11-9-14(10-13-11)6-2-3-7-15-8-4-5-12(15)16/h9-10H,4-8H2,1H3. The van der Waals surface area contributed by atoms with E-state index < -0.39 is 0 Å². The van der Waals surface area contributed by atoms with Gasteiger partial charge in [-0.3, -0.25) is 4.79 Å². The maximum absolute atomic E-state index is 11.3. The van der Waals surface area contributed by atoms with E-state index in [1.54, 1.807) is 6.33 Å². The minimum Gasteiger partial charge on any atom is -0.332 e. The Balaban J connectivity index is 1.80. The normalized spacial score (nSPS) is 15.1. The molecule has 0 unspecified atom stereocenters. The predicted molar refractivity (Wildman–Crippen MR) is 60.6 cm³/mol. The number of hydrogen-bond acceptors (Lipinski definition) is 2. The average Bonchev–Trinajstić information content (AvgIpc) is 2.83. The van der Waals surface area contributed by atoms with Crippen LogP contribution >= 0.6 is 0 Å². The number of likely N-dealkylation sites (tertiary alicyclic amines) is 1. The van der Waals surface area contributed by atoms with Gasteiger partial charge >= 0.3 is 0 Å². The van der Waals surface area contributed by atoms with Crippen LogP contribution < -0.4 is 0 Å². The second kappa shape index (κ2) is 4.84. The molecule has 2 heterocycles. The van der Waals surface area contributed by atoms with Gasteiger partial charge in [0.15, 0.2) is 0 Å². The Morgan fingerprint density at radius 1 is 1.44 bits per heavy atom. The topological polar surface area (TPSA) is 38.1 Å². The number of imidazole rings is 1. The maximum Gasteiger partial charge on any atom is 0.223 e. The van der Waals surface area contributed by atoms with Crippen molar-refractivity contribution in [3.05, 3.63) is 18.2 Å². The highest BCUT2D eigenvalue weighted by atomic mass is 16.2. The first-order chi connectivity index (χ1) is 7.75. The van der Waals surface area contributed by atoms with Crippen molar-refractivity contribution in [2.75, 3.05) is 13.1 Å². The number of hydrogen-bond donors (Lipinski definition) is 0. The molecular weight excluding hydrogens is 202 g/mol. The second-order valence-electron chi connectivity index (χ2n) is 3.96. The molecule has 4 nitrogen and oxygen atoms in total. The number of aryl methyl sites for hydroxylation is 1. The summed E-state index contributed by atoms with van der Waals surface area (Å²) in [5.41, 5.74) is 0.997. The van der Waals surface area contributed by atoms with E-state index in [0.717, 1.165) is 18.7 Å². The third-order valence-corrected chi connectivity index (χ3v) is 2.59.